The van der Waals surface area contributed by atoms with Gasteiger partial charge in [0.25, 0.3) is 0 Å². The number of thioether (sulfide) groups is 1. The lowest BCUT2D eigenvalue weighted by molar-refractivity contribution is 0.335. The van der Waals surface area contributed by atoms with Gasteiger partial charge in [0.15, 0.2) is 11.6 Å². The van der Waals surface area contributed by atoms with Crippen LogP contribution in [0.4, 0.5) is 8.78 Å². The molecule has 112 valence electrons. The van der Waals surface area contributed by atoms with Crippen LogP contribution in [0.15, 0.2) is 47.4 Å². The smallest absolute Gasteiger partial charge is 0.159 e. The van der Waals surface area contributed by atoms with Crippen LogP contribution in [-0.2, 0) is 0 Å². The third kappa shape index (κ3) is 4.19. The Morgan fingerprint density at radius 1 is 1.14 bits per heavy atom. The molecule has 2 aromatic rings. The Morgan fingerprint density at radius 2 is 1.90 bits per heavy atom. The van der Waals surface area contributed by atoms with Gasteiger partial charge in [0.1, 0.15) is 5.75 Å². The minimum Gasteiger partial charge on any atom is -0.494 e. The van der Waals surface area contributed by atoms with Gasteiger partial charge in [0.2, 0.25) is 0 Å². The highest BCUT2D eigenvalue weighted by Gasteiger charge is 2.12. The quantitative estimate of drug-likeness (QED) is 0.814. The Morgan fingerprint density at radius 3 is 2.62 bits per heavy atom. The fourth-order valence-corrected chi connectivity index (χ4v) is 2.82. The maximum atomic E-state index is 13.2. The number of nitrogens with two attached hydrogens (primary N) is 1. The Bertz CT molecular complexity index is 607. The SMILES string of the molecule is CCOc1ccccc1C(N)CSc1ccc(F)c(F)c1. The summed E-state index contributed by atoms with van der Waals surface area (Å²) in [6, 6.07) is 11.2. The van der Waals surface area contributed by atoms with Crippen LogP contribution >= 0.6 is 11.8 Å². The molecular weight excluding hydrogens is 292 g/mol. The summed E-state index contributed by atoms with van der Waals surface area (Å²) in [7, 11) is 0. The van der Waals surface area contributed by atoms with E-state index in [1.54, 1.807) is 6.07 Å². The van der Waals surface area contributed by atoms with E-state index in [4.69, 9.17) is 10.5 Å². The number of ether oxygens (including phenoxy) is 1. The summed E-state index contributed by atoms with van der Waals surface area (Å²) in [6.45, 7) is 2.48. The largest absolute Gasteiger partial charge is 0.494 e. The van der Waals surface area contributed by atoms with Gasteiger partial charge >= 0.3 is 0 Å². The van der Waals surface area contributed by atoms with Gasteiger partial charge in [-0.15, -0.1) is 11.8 Å². The van der Waals surface area contributed by atoms with Crippen molar-refractivity contribution in [2.75, 3.05) is 12.4 Å². The van der Waals surface area contributed by atoms with Gasteiger partial charge in [0, 0.05) is 22.3 Å². The van der Waals surface area contributed by atoms with Crippen molar-refractivity contribution in [3.63, 3.8) is 0 Å². The lowest BCUT2D eigenvalue weighted by Gasteiger charge is -2.16. The average molecular weight is 309 g/mol. The van der Waals surface area contributed by atoms with Crippen molar-refractivity contribution in [3.8, 4) is 5.75 Å². The second-order valence-corrected chi connectivity index (χ2v) is 5.56. The van der Waals surface area contributed by atoms with Gasteiger partial charge in [-0.05, 0) is 31.2 Å². The minimum atomic E-state index is -0.844. The highest BCUT2D eigenvalue weighted by molar-refractivity contribution is 7.99. The van der Waals surface area contributed by atoms with Crippen molar-refractivity contribution in [1.82, 2.24) is 0 Å². The highest BCUT2D eigenvalue weighted by Crippen LogP contribution is 2.29. The summed E-state index contributed by atoms with van der Waals surface area (Å²) in [5.74, 6) is -0.373. The number of halogens is 2. The molecule has 0 amide bonds. The second-order valence-electron chi connectivity index (χ2n) is 4.46. The molecule has 0 bridgehead atoms. The maximum absolute atomic E-state index is 13.2. The number of benzene rings is 2. The van der Waals surface area contributed by atoms with E-state index in [0.29, 0.717) is 17.3 Å². The first-order chi connectivity index (χ1) is 10.1. The molecule has 0 saturated heterocycles. The molecule has 21 heavy (non-hydrogen) atoms. The van der Waals surface area contributed by atoms with Crippen LogP contribution in [0.2, 0.25) is 0 Å². The average Bonchev–Trinajstić information content (AvgIpc) is 2.49. The lowest BCUT2D eigenvalue weighted by Crippen LogP contribution is -2.14. The third-order valence-electron chi connectivity index (χ3n) is 2.94. The summed E-state index contributed by atoms with van der Waals surface area (Å²) < 4.78 is 31.6. The molecule has 5 heteroatoms. The molecule has 1 unspecified atom stereocenters. The first-order valence-electron chi connectivity index (χ1n) is 6.67. The van der Waals surface area contributed by atoms with Crippen LogP contribution < -0.4 is 10.5 Å². The van der Waals surface area contributed by atoms with Crippen molar-refractivity contribution in [2.45, 2.75) is 17.9 Å². The third-order valence-corrected chi connectivity index (χ3v) is 4.05. The van der Waals surface area contributed by atoms with Gasteiger partial charge in [-0.25, -0.2) is 8.78 Å². The van der Waals surface area contributed by atoms with E-state index in [2.05, 4.69) is 0 Å². The zero-order valence-electron chi connectivity index (χ0n) is 11.7. The Kier molecular flexibility index (Phi) is 5.59. The van der Waals surface area contributed by atoms with E-state index in [1.165, 1.54) is 17.8 Å². The van der Waals surface area contributed by atoms with E-state index in [-0.39, 0.29) is 6.04 Å². The van der Waals surface area contributed by atoms with Crippen molar-refractivity contribution < 1.29 is 13.5 Å². The minimum absolute atomic E-state index is 0.245. The number of rotatable bonds is 6. The van der Waals surface area contributed by atoms with Gasteiger partial charge < -0.3 is 10.5 Å². The van der Waals surface area contributed by atoms with Crippen LogP contribution in [0.3, 0.4) is 0 Å². The molecule has 0 spiro atoms. The zero-order chi connectivity index (χ0) is 15.2. The molecule has 0 aliphatic carbocycles. The Hall–Kier alpha value is -1.59. The lowest BCUT2D eigenvalue weighted by atomic mass is 10.1. The summed E-state index contributed by atoms with van der Waals surface area (Å²) >= 11 is 1.39. The molecule has 0 heterocycles. The first kappa shape index (κ1) is 15.8. The van der Waals surface area contributed by atoms with Crippen molar-refractivity contribution >= 4 is 11.8 Å². The monoisotopic (exact) mass is 309 g/mol. The molecule has 2 aromatic carbocycles. The molecule has 2 nitrogen and oxygen atoms in total. The summed E-state index contributed by atoms with van der Waals surface area (Å²) in [4.78, 5) is 0.651. The van der Waals surface area contributed by atoms with Crippen LogP contribution in [0.25, 0.3) is 0 Å². The molecule has 0 radical (unpaired) electrons. The van der Waals surface area contributed by atoms with Crippen molar-refractivity contribution in [1.29, 1.82) is 0 Å². The molecule has 0 aliphatic rings. The molecule has 0 aromatic heterocycles. The molecule has 0 aliphatic heterocycles. The Balaban J connectivity index is 2.04. The van der Waals surface area contributed by atoms with Gasteiger partial charge in [0.05, 0.1) is 6.61 Å². The Labute approximate surface area is 127 Å². The summed E-state index contributed by atoms with van der Waals surface area (Å²) in [5, 5.41) is 0. The van der Waals surface area contributed by atoms with E-state index < -0.39 is 11.6 Å². The highest BCUT2D eigenvalue weighted by atomic mass is 32.2. The van der Waals surface area contributed by atoms with Crippen molar-refractivity contribution in [2.24, 2.45) is 5.73 Å². The second kappa shape index (κ2) is 7.43. The molecule has 1 atom stereocenters. The van der Waals surface area contributed by atoms with E-state index in [9.17, 15) is 8.78 Å². The normalized spacial score (nSPS) is 12.2. The maximum Gasteiger partial charge on any atom is 0.159 e. The number of hydrogen-bond acceptors (Lipinski definition) is 3. The van der Waals surface area contributed by atoms with E-state index in [0.717, 1.165) is 17.4 Å². The molecule has 0 fully saturated rings. The number of para-hydroxylation sites is 1. The van der Waals surface area contributed by atoms with Crippen LogP contribution in [0, 0.1) is 11.6 Å². The van der Waals surface area contributed by atoms with Gasteiger partial charge in [-0.2, -0.15) is 0 Å². The fraction of sp³-hybridized carbons (Fsp3) is 0.250. The van der Waals surface area contributed by atoms with Crippen molar-refractivity contribution in [3.05, 3.63) is 59.7 Å². The first-order valence-corrected chi connectivity index (χ1v) is 7.65. The molecule has 2 N–H and O–H groups in total. The zero-order valence-corrected chi connectivity index (χ0v) is 12.5. The van der Waals surface area contributed by atoms with Crippen LogP contribution in [-0.4, -0.2) is 12.4 Å². The number of hydrogen-bond donors (Lipinski definition) is 1. The predicted molar refractivity (Wildman–Crippen MR) is 81.6 cm³/mol. The topological polar surface area (TPSA) is 35.2 Å². The molecule has 2 rings (SSSR count). The van der Waals surface area contributed by atoms with Gasteiger partial charge in [-0.1, -0.05) is 18.2 Å². The molecular formula is C16H17F2NOS. The standard InChI is InChI=1S/C16H17F2NOS/c1-2-20-16-6-4-3-5-12(16)15(19)10-21-11-7-8-13(17)14(18)9-11/h3-9,15H,2,10,19H2,1H3. The molecule has 0 saturated carbocycles. The van der Waals surface area contributed by atoms with Crippen LogP contribution in [0.1, 0.15) is 18.5 Å². The predicted octanol–water partition coefficient (Wildman–Crippen LogP) is 4.16. The van der Waals surface area contributed by atoms with E-state index in [1.807, 2.05) is 31.2 Å². The fourth-order valence-electron chi connectivity index (χ4n) is 1.92. The summed E-state index contributed by atoms with van der Waals surface area (Å²) in [6.07, 6.45) is 0. The summed E-state index contributed by atoms with van der Waals surface area (Å²) in [5.41, 5.74) is 7.08. The van der Waals surface area contributed by atoms with E-state index >= 15 is 0 Å². The van der Waals surface area contributed by atoms with Crippen LogP contribution in [0.5, 0.6) is 5.75 Å². The van der Waals surface area contributed by atoms with Gasteiger partial charge in [-0.3, -0.25) is 0 Å².